The molecule has 114 valence electrons. The maximum Gasteiger partial charge on any atom is 0.241 e. The molecule has 0 bridgehead atoms. The minimum atomic E-state index is -3.56. The van der Waals surface area contributed by atoms with Gasteiger partial charge in [-0.25, -0.2) is 8.42 Å². The number of sulfonamides is 1. The van der Waals surface area contributed by atoms with Crippen LogP contribution < -0.4 is 4.72 Å². The van der Waals surface area contributed by atoms with Crippen molar-refractivity contribution in [2.45, 2.75) is 24.7 Å². The molecular weight excluding hydrogens is 308 g/mol. The molecule has 0 spiro atoms. The van der Waals surface area contributed by atoms with E-state index in [2.05, 4.69) is 21.5 Å². The Morgan fingerprint density at radius 1 is 1.29 bits per heavy atom. The lowest BCUT2D eigenvalue weighted by Crippen LogP contribution is -2.25. The Hall–Kier alpha value is -1.06. The Morgan fingerprint density at radius 2 is 2.00 bits per heavy atom. The third-order valence-electron chi connectivity index (χ3n) is 3.48. The molecule has 1 N–H and O–H groups in total. The van der Waals surface area contributed by atoms with Crippen LogP contribution in [0.15, 0.2) is 23.1 Å². The number of nitrogens with one attached hydrogen (secondary N) is 1. The zero-order valence-corrected chi connectivity index (χ0v) is 13.6. The average Bonchev–Trinajstić information content (AvgIpc) is 2.94. The van der Waals surface area contributed by atoms with Crippen LogP contribution in [0, 0.1) is 18.8 Å². The van der Waals surface area contributed by atoms with Gasteiger partial charge in [-0.3, -0.25) is 4.90 Å². The minimum absolute atomic E-state index is 0.113. The second-order valence-electron chi connectivity index (χ2n) is 5.02. The first-order valence-corrected chi connectivity index (χ1v) is 8.80. The van der Waals surface area contributed by atoms with E-state index in [4.69, 9.17) is 11.6 Å². The van der Waals surface area contributed by atoms with Crippen LogP contribution in [0.4, 0.5) is 0 Å². The molecule has 1 aliphatic rings. The standard InChI is InChI=1S/C15H19ClN2O2S/c1-13-14(16)7-6-8-15(13)21(19,20)17-9-2-3-10-18-11-4-5-12-18/h6-8,17H,4-5,9-12H2,1H3. The zero-order chi connectivity index (χ0) is 15.3. The van der Waals surface area contributed by atoms with Gasteiger partial charge in [0.1, 0.15) is 0 Å². The Morgan fingerprint density at radius 3 is 2.71 bits per heavy atom. The van der Waals surface area contributed by atoms with E-state index in [0.717, 1.165) is 13.1 Å². The van der Waals surface area contributed by atoms with Gasteiger partial charge >= 0.3 is 0 Å². The van der Waals surface area contributed by atoms with E-state index in [1.807, 2.05) is 0 Å². The summed E-state index contributed by atoms with van der Waals surface area (Å²) in [5.74, 6) is 5.86. The van der Waals surface area contributed by atoms with E-state index in [9.17, 15) is 8.42 Å². The van der Waals surface area contributed by atoms with Crippen molar-refractivity contribution in [3.05, 3.63) is 28.8 Å². The molecule has 4 nitrogen and oxygen atoms in total. The highest BCUT2D eigenvalue weighted by atomic mass is 35.5. The van der Waals surface area contributed by atoms with Crippen LogP contribution in [-0.2, 0) is 10.0 Å². The molecule has 1 aliphatic heterocycles. The van der Waals surface area contributed by atoms with E-state index in [0.29, 0.717) is 17.1 Å². The molecule has 1 saturated heterocycles. The fourth-order valence-corrected chi connectivity index (χ4v) is 3.68. The van der Waals surface area contributed by atoms with Gasteiger partial charge < -0.3 is 0 Å². The van der Waals surface area contributed by atoms with E-state index in [1.54, 1.807) is 25.1 Å². The van der Waals surface area contributed by atoms with Crippen molar-refractivity contribution in [1.82, 2.24) is 9.62 Å². The second kappa shape index (κ2) is 7.28. The molecule has 0 unspecified atom stereocenters. The number of likely N-dealkylation sites (tertiary alicyclic amines) is 1. The summed E-state index contributed by atoms with van der Waals surface area (Å²) in [7, 11) is -3.56. The molecular formula is C15H19ClN2O2S. The maximum atomic E-state index is 12.2. The van der Waals surface area contributed by atoms with Crippen molar-refractivity contribution in [3.8, 4) is 11.8 Å². The third kappa shape index (κ3) is 4.45. The predicted octanol–water partition coefficient (Wildman–Crippen LogP) is 2.03. The van der Waals surface area contributed by atoms with Gasteiger partial charge in [0.05, 0.1) is 18.0 Å². The van der Waals surface area contributed by atoms with Gasteiger partial charge in [-0.2, -0.15) is 4.72 Å². The lowest BCUT2D eigenvalue weighted by molar-refractivity contribution is 0.383. The van der Waals surface area contributed by atoms with Crippen molar-refractivity contribution >= 4 is 21.6 Å². The van der Waals surface area contributed by atoms with Gasteiger partial charge in [-0.15, -0.1) is 0 Å². The summed E-state index contributed by atoms with van der Waals surface area (Å²) in [6, 6.07) is 4.84. The first kappa shape index (κ1) is 16.3. The summed E-state index contributed by atoms with van der Waals surface area (Å²) in [5.41, 5.74) is 0.552. The summed E-state index contributed by atoms with van der Waals surface area (Å²) >= 11 is 5.95. The molecule has 1 heterocycles. The second-order valence-corrected chi connectivity index (χ2v) is 7.17. The lowest BCUT2D eigenvalue weighted by Gasteiger charge is -2.09. The summed E-state index contributed by atoms with van der Waals surface area (Å²) < 4.78 is 26.8. The van der Waals surface area contributed by atoms with Crippen LogP contribution in [-0.4, -0.2) is 39.5 Å². The Kier molecular flexibility index (Phi) is 5.65. The first-order valence-electron chi connectivity index (χ1n) is 6.93. The smallest absolute Gasteiger partial charge is 0.241 e. The minimum Gasteiger partial charge on any atom is -0.292 e. The molecule has 6 heteroatoms. The molecule has 0 aromatic heterocycles. The summed E-state index contributed by atoms with van der Waals surface area (Å²) in [5, 5.41) is 0.443. The van der Waals surface area contributed by atoms with Crippen molar-refractivity contribution in [3.63, 3.8) is 0 Å². The van der Waals surface area contributed by atoms with Gasteiger partial charge in [0, 0.05) is 5.02 Å². The summed E-state index contributed by atoms with van der Waals surface area (Å²) in [4.78, 5) is 2.47. The predicted molar refractivity (Wildman–Crippen MR) is 84.8 cm³/mol. The van der Waals surface area contributed by atoms with Crippen molar-refractivity contribution in [2.75, 3.05) is 26.2 Å². The van der Waals surface area contributed by atoms with Crippen molar-refractivity contribution in [2.24, 2.45) is 0 Å². The number of hydrogen-bond acceptors (Lipinski definition) is 3. The molecule has 1 aromatic rings. The highest BCUT2D eigenvalue weighted by Crippen LogP contribution is 2.22. The highest BCUT2D eigenvalue weighted by molar-refractivity contribution is 7.89. The number of halogens is 1. The highest BCUT2D eigenvalue weighted by Gasteiger charge is 2.16. The molecule has 1 fully saturated rings. The Labute approximate surface area is 131 Å². The third-order valence-corrected chi connectivity index (χ3v) is 5.44. The van der Waals surface area contributed by atoms with E-state index >= 15 is 0 Å². The number of hydrogen-bond donors (Lipinski definition) is 1. The molecule has 0 atom stereocenters. The Bertz CT molecular complexity index is 656. The summed E-state index contributed by atoms with van der Waals surface area (Å²) in [6.07, 6.45) is 2.45. The number of benzene rings is 1. The fraction of sp³-hybridized carbons (Fsp3) is 0.467. The molecule has 0 saturated carbocycles. The SMILES string of the molecule is Cc1c(Cl)cccc1S(=O)(=O)NCC#CCN1CCCC1. The fourth-order valence-electron chi connectivity index (χ4n) is 2.26. The molecule has 0 amide bonds. The van der Waals surface area contributed by atoms with Crippen LogP contribution in [0.2, 0.25) is 5.02 Å². The maximum absolute atomic E-state index is 12.2. The zero-order valence-electron chi connectivity index (χ0n) is 12.0. The van der Waals surface area contributed by atoms with E-state index < -0.39 is 10.0 Å². The summed E-state index contributed by atoms with van der Waals surface area (Å²) in [6.45, 7) is 4.68. The lowest BCUT2D eigenvalue weighted by atomic mass is 10.2. The molecule has 2 rings (SSSR count). The molecule has 0 radical (unpaired) electrons. The molecule has 0 aliphatic carbocycles. The Balaban J connectivity index is 1.92. The van der Waals surface area contributed by atoms with Crippen LogP contribution in [0.3, 0.4) is 0 Å². The quantitative estimate of drug-likeness (QED) is 0.861. The van der Waals surface area contributed by atoms with Gasteiger partial charge in [-0.1, -0.05) is 29.5 Å². The van der Waals surface area contributed by atoms with E-state index in [-0.39, 0.29) is 11.4 Å². The van der Waals surface area contributed by atoms with Crippen LogP contribution >= 0.6 is 11.6 Å². The topological polar surface area (TPSA) is 49.4 Å². The molecule has 1 aromatic carbocycles. The van der Waals surface area contributed by atoms with Gasteiger partial charge in [0.2, 0.25) is 10.0 Å². The van der Waals surface area contributed by atoms with Crippen LogP contribution in [0.5, 0.6) is 0 Å². The largest absolute Gasteiger partial charge is 0.292 e. The van der Waals surface area contributed by atoms with Crippen molar-refractivity contribution in [1.29, 1.82) is 0 Å². The molecule has 21 heavy (non-hydrogen) atoms. The van der Waals surface area contributed by atoms with Crippen LogP contribution in [0.25, 0.3) is 0 Å². The average molecular weight is 327 g/mol. The van der Waals surface area contributed by atoms with Gasteiger partial charge in [0.15, 0.2) is 0 Å². The van der Waals surface area contributed by atoms with Gasteiger partial charge in [0.25, 0.3) is 0 Å². The number of rotatable bonds is 4. The normalized spacial score (nSPS) is 15.7. The first-order chi connectivity index (χ1) is 10.0. The monoisotopic (exact) mass is 326 g/mol. The van der Waals surface area contributed by atoms with Crippen LogP contribution in [0.1, 0.15) is 18.4 Å². The van der Waals surface area contributed by atoms with Gasteiger partial charge in [-0.05, 0) is 50.6 Å². The van der Waals surface area contributed by atoms with Crippen molar-refractivity contribution < 1.29 is 8.42 Å². The van der Waals surface area contributed by atoms with E-state index in [1.165, 1.54) is 12.8 Å². The number of nitrogens with zero attached hydrogens (tertiary/aromatic N) is 1.